The van der Waals surface area contributed by atoms with Crippen LogP contribution in [0, 0.1) is 13.8 Å². The van der Waals surface area contributed by atoms with Crippen molar-refractivity contribution in [2.75, 3.05) is 25.4 Å². The summed E-state index contributed by atoms with van der Waals surface area (Å²) < 4.78 is 1.81. The van der Waals surface area contributed by atoms with Crippen molar-refractivity contribution in [2.45, 2.75) is 38.3 Å². The van der Waals surface area contributed by atoms with Crippen LogP contribution in [-0.2, 0) is 0 Å². The molecule has 0 saturated carbocycles. The maximum absolute atomic E-state index is 13.7. The molecule has 0 radical (unpaired) electrons. The molecule has 0 amide bonds. The van der Waals surface area contributed by atoms with Gasteiger partial charge in [0.25, 0.3) is 5.56 Å². The summed E-state index contributed by atoms with van der Waals surface area (Å²) in [5.74, 6) is 0.922. The number of hydrogen-bond donors (Lipinski definition) is 1. The van der Waals surface area contributed by atoms with Crippen molar-refractivity contribution < 1.29 is 0 Å². The molecular formula is C25H28N4OS. The van der Waals surface area contributed by atoms with Gasteiger partial charge in [0.1, 0.15) is 11.0 Å². The van der Waals surface area contributed by atoms with Crippen molar-refractivity contribution in [3.63, 3.8) is 0 Å². The van der Waals surface area contributed by atoms with Gasteiger partial charge in [-0.15, -0.1) is 0 Å². The normalized spacial score (nSPS) is 15.2. The largest absolute Gasteiger partial charge is 0.349 e. The number of likely N-dealkylation sites (tertiary alicyclic amines) is 1. The average Bonchev–Trinajstić information content (AvgIpc) is 3.16. The van der Waals surface area contributed by atoms with Crippen molar-refractivity contribution in [1.82, 2.24) is 19.4 Å². The Bertz CT molecular complexity index is 1300. The summed E-state index contributed by atoms with van der Waals surface area (Å²) >= 11 is 1.69. The van der Waals surface area contributed by atoms with Gasteiger partial charge in [0.05, 0.1) is 5.69 Å². The second-order valence-electron chi connectivity index (χ2n) is 8.47. The molecule has 3 heterocycles. The van der Waals surface area contributed by atoms with E-state index in [0.717, 1.165) is 50.7 Å². The first kappa shape index (κ1) is 20.3. The fraction of sp³-hybridized carbons (Fsp3) is 0.360. The van der Waals surface area contributed by atoms with Gasteiger partial charge in [0, 0.05) is 23.2 Å². The minimum absolute atomic E-state index is 0.0321. The van der Waals surface area contributed by atoms with E-state index in [0.29, 0.717) is 5.52 Å². The first-order valence-corrected chi connectivity index (χ1v) is 12.1. The highest BCUT2D eigenvalue weighted by Crippen LogP contribution is 2.27. The van der Waals surface area contributed by atoms with Crippen LogP contribution in [0.4, 0.5) is 0 Å². The Morgan fingerprint density at radius 3 is 2.71 bits per heavy atom. The number of nitrogens with zero attached hydrogens (tertiary/aromatic N) is 3. The molecular weight excluding hydrogens is 404 g/mol. The molecule has 6 heteroatoms. The number of benzene rings is 2. The van der Waals surface area contributed by atoms with Crippen LogP contribution in [0.5, 0.6) is 0 Å². The summed E-state index contributed by atoms with van der Waals surface area (Å²) in [4.78, 5) is 24.6. The zero-order valence-corrected chi connectivity index (χ0v) is 19.0. The number of aryl methyl sites for hydroxylation is 2. The fourth-order valence-corrected chi connectivity index (χ4v) is 5.46. The predicted octanol–water partition coefficient (Wildman–Crippen LogP) is 5.06. The second-order valence-corrected chi connectivity index (χ2v) is 9.53. The lowest BCUT2D eigenvalue weighted by molar-refractivity contribution is 0.242. The molecule has 2 aromatic carbocycles. The summed E-state index contributed by atoms with van der Waals surface area (Å²) in [7, 11) is 0. The lowest BCUT2D eigenvalue weighted by Gasteiger charge is -2.26. The molecule has 0 aliphatic carbocycles. The van der Waals surface area contributed by atoms with Crippen molar-refractivity contribution in [3.05, 3.63) is 63.9 Å². The van der Waals surface area contributed by atoms with E-state index in [9.17, 15) is 4.79 Å². The summed E-state index contributed by atoms with van der Waals surface area (Å²) in [5, 5.41) is 1.77. The number of aromatic amines is 1. The molecule has 4 aromatic rings. The number of thioether (sulfide) groups is 1. The van der Waals surface area contributed by atoms with Gasteiger partial charge in [-0.3, -0.25) is 9.36 Å². The third-order valence-electron chi connectivity index (χ3n) is 6.19. The van der Waals surface area contributed by atoms with Gasteiger partial charge in [0.15, 0.2) is 5.16 Å². The molecule has 1 saturated heterocycles. The van der Waals surface area contributed by atoms with Crippen LogP contribution >= 0.6 is 11.8 Å². The van der Waals surface area contributed by atoms with Gasteiger partial charge in [-0.1, -0.05) is 48.5 Å². The molecule has 160 valence electrons. The lowest BCUT2D eigenvalue weighted by atomic mass is 10.1. The summed E-state index contributed by atoms with van der Waals surface area (Å²) in [5.41, 5.74) is 5.38. The van der Waals surface area contributed by atoms with Crippen LogP contribution in [-0.4, -0.2) is 44.8 Å². The molecule has 5 nitrogen and oxygen atoms in total. The van der Waals surface area contributed by atoms with E-state index in [1.165, 1.54) is 32.4 Å². The highest BCUT2D eigenvalue weighted by atomic mass is 32.2. The van der Waals surface area contributed by atoms with E-state index < -0.39 is 0 Å². The van der Waals surface area contributed by atoms with Gasteiger partial charge >= 0.3 is 0 Å². The minimum Gasteiger partial charge on any atom is -0.349 e. The van der Waals surface area contributed by atoms with Gasteiger partial charge in [-0.2, -0.15) is 0 Å². The molecule has 0 atom stereocenters. The molecule has 2 aromatic heterocycles. The molecule has 1 N–H and O–H groups in total. The number of piperidine rings is 1. The number of hydrogen-bond acceptors (Lipinski definition) is 4. The van der Waals surface area contributed by atoms with Crippen LogP contribution in [0.1, 0.15) is 30.4 Å². The maximum atomic E-state index is 13.7. The number of aromatic nitrogens is 3. The van der Waals surface area contributed by atoms with E-state index in [2.05, 4.69) is 41.9 Å². The second kappa shape index (κ2) is 8.52. The van der Waals surface area contributed by atoms with Crippen molar-refractivity contribution in [2.24, 2.45) is 0 Å². The predicted molar refractivity (Wildman–Crippen MR) is 130 cm³/mol. The SMILES string of the molecule is Cc1ccc(C)c(-n2c(SCCN3CCCCC3)nc3c([nH]c4ccccc43)c2=O)c1. The number of H-pyrrole nitrogens is 1. The first-order chi connectivity index (χ1) is 15.1. The fourth-order valence-electron chi connectivity index (χ4n) is 4.46. The Labute approximate surface area is 186 Å². The molecule has 1 fully saturated rings. The summed E-state index contributed by atoms with van der Waals surface area (Å²) in [6.45, 7) is 7.50. The molecule has 5 rings (SSSR count). The molecule has 0 bridgehead atoms. The summed E-state index contributed by atoms with van der Waals surface area (Å²) in [6.07, 6.45) is 3.92. The standard InChI is InChI=1S/C25H28N4OS/c1-17-10-11-18(2)21(16-17)29-24(30)23-22(19-8-4-5-9-20(19)26-23)27-25(29)31-15-14-28-12-6-3-7-13-28/h4-5,8-11,16,26H,3,6-7,12-15H2,1-2H3. The Morgan fingerprint density at radius 1 is 1.06 bits per heavy atom. The number of fused-ring (bicyclic) bond motifs is 3. The van der Waals surface area contributed by atoms with Gasteiger partial charge in [0.2, 0.25) is 0 Å². The molecule has 1 aliphatic rings. The minimum atomic E-state index is -0.0321. The average molecular weight is 433 g/mol. The van der Waals surface area contributed by atoms with E-state index in [1.807, 2.05) is 24.3 Å². The summed E-state index contributed by atoms with van der Waals surface area (Å²) in [6, 6.07) is 14.3. The topological polar surface area (TPSA) is 53.9 Å². The van der Waals surface area contributed by atoms with Crippen LogP contribution < -0.4 is 5.56 Å². The Balaban J connectivity index is 1.62. The Morgan fingerprint density at radius 2 is 1.87 bits per heavy atom. The Hall–Kier alpha value is -2.57. The Kier molecular flexibility index (Phi) is 5.59. The lowest BCUT2D eigenvalue weighted by Crippen LogP contribution is -2.31. The van der Waals surface area contributed by atoms with Crippen molar-refractivity contribution in [1.29, 1.82) is 0 Å². The molecule has 31 heavy (non-hydrogen) atoms. The zero-order chi connectivity index (χ0) is 21.4. The van der Waals surface area contributed by atoms with Gasteiger partial charge in [-0.05, 0) is 63.0 Å². The third-order valence-corrected chi connectivity index (χ3v) is 7.11. The molecule has 0 spiro atoms. The smallest absolute Gasteiger partial charge is 0.283 e. The number of para-hydroxylation sites is 1. The van der Waals surface area contributed by atoms with E-state index >= 15 is 0 Å². The van der Waals surface area contributed by atoms with Crippen molar-refractivity contribution in [3.8, 4) is 5.69 Å². The first-order valence-electron chi connectivity index (χ1n) is 11.1. The number of rotatable bonds is 5. The van der Waals surface area contributed by atoms with Crippen LogP contribution in [0.15, 0.2) is 52.4 Å². The third kappa shape index (κ3) is 3.90. The molecule has 1 aliphatic heterocycles. The highest BCUT2D eigenvalue weighted by Gasteiger charge is 2.19. The van der Waals surface area contributed by atoms with Crippen LogP contribution in [0.3, 0.4) is 0 Å². The van der Waals surface area contributed by atoms with Gasteiger partial charge in [-0.25, -0.2) is 4.98 Å². The van der Waals surface area contributed by atoms with Crippen LogP contribution in [0.2, 0.25) is 0 Å². The molecule has 0 unspecified atom stereocenters. The zero-order valence-electron chi connectivity index (χ0n) is 18.1. The van der Waals surface area contributed by atoms with E-state index in [1.54, 1.807) is 16.3 Å². The van der Waals surface area contributed by atoms with E-state index in [4.69, 9.17) is 4.98 Å². The monoisotopic (exact) mass is 432 g/mol. The quantitative estimate of drug-likeness (QED) is 0.354. The van der Waals surface area contributed by atoms with E-state index in [-0.39, 0.29) is 5.56 Å². The highest BCUT2D eigenvalue weighted by molar-refractivity contribution is 7.99. The van der Waals surface area contributed by atoms with Gasteiger partial charge < -0.3 is 9.88 Å². The van der Waals surface area contributed by atoms with Crippen molar-refractivity contribution >= 4 is 33.7 Å². The van der Waals surface area contributed by atoms with Crippen LogP contribution in [0.25, 0.3) is 27.6 Å². The maximum Gasteiger partial charge on any atom is 0.283 e. The number of nitrogens with one attached hydrogen (secondary N) is 1.